The number of hydrogen-bond acceptors (Lipinski definition) is 3. The summed E-state index contributed by atoms with van der Waals surface area (Å²) in [6.07, 6.45) is 0. The highest BCUT2D eigenvalue weighted by atomic mass is 79.9. The first-order valence-corrected chi connectivity index (χ1v) is 4.81. The number of halogens is 1. The zero-order chi connectivity index (χ0) is 10.1. The van der Waals surface area contributed by atoms with Crippen molar-refractivity contribution in [2.45, 2.75) is 6.61 Å². The molecule has 1 amide bonds. The van der Waals surface area contributed by atoms with E-state index in [0.717, 1.165) is 5.56 Å². The molecule has 0 saturated heterocycles. The summed E-state index contributed by atoms with van der Waals surface area (Å²) in [5.41, 5.74) is 6.47. The Morgan fingerprint density at radius 1 is 1.50 bits per heavy atom. The summed E-state index contributed by atoms with van der Waals surface area (Å²) < 4.78 is 11.0. The summed E-state index contributed by atoms with van der Waals surface area (Å²) >= 11 is 3.25. The van der Waals surface area contributed by atoms with Gasteiger partial charge in [0.15, 0.2) is 6.79 Å². The molecule has 14 heavy (non-hydrogen) atoms. The molecule has 0 bridgehead atoms. The van der Waals surface area contributed by atoms with Crippen LogP contribution in [0.2, 0.25) is 0 Å². The Morgan fingerprint density at radius 3 is 3.00 bits per heavy atom. The Labute approximate surface area is 89.1 Å². The van der Waals surface area contributed by atoms with Crippen LogP contribution in [-0.4, -0.2) is 12.7 Å². The summed E-state index contributed by atoms with van der Waals surface area (Å²) in [5.74, 6) is 0.0220. The number of carbonyl (C=O) groups is 1. The number of nitrogens with two attached hydrogens (primary N) is 1. The Morgan fingerprint density at radius 2 is 2.29 bits per heavy atom. The minimum absolute atomic E-state index is 0.156. The Balaban J connectivity index is 2.60. The zero-order valence-electron chi connectivity index (χ0n) is 7.25. The van der Waals surface area contributed by atoms with Crippen LogP contribution in [0, 0.1) is 0 Å². The van der Waals surface area contributed by atoms with Crippen LogP contribution in [0.3, 0.4) is 0 Å². The van der Waals surface area contributed by atoms with Gasteiger partial charge in [-0.25, -0.2) is 0 Å². The number of primary amides is 1. The summed E-state index contributed by atoms with van der Waals surface area (Å²) in [7, 11) is 0. The molecule has 0 aliphatic carbocycles. The molecule has 0 fully saturated rings. The van der Waals surface area contributed by atoms with Crippen molar-refractivity contribution in [3.8, 4) is 5.75 Å². The van der Waals surface area contributed by atoms with Crippen molar-refractivity contribution < 1.29 is 14.3 Å². The van der Waals surface area contributed by atoms with Gasteiger partial charge < -0.3 is 15.2 Å². The van der Waals surface area contributed by atoms with Crippen molar-refractivity contribution in [2.24, 2.45) is 5.73 Å². The van der Waals surface area contributed by atoms with E-state index in [4.69, 9.17) is 15.2 Å². The topological polar surface area (TPSA) is 61.6 Å². The summed E-state index contributed by atoms with van der Waals surface area (Å²) in [6.45, 7) is 0.604. The minimum atomic E-state index is -0.504. The Bertz CT molecular complexity index is 392. The highest BCUT2D eigenvalue weighted by Gasteiger charge is 2.20. The van der Waals surface area contributed by atoms with Crippen LogP contribution >= 0.6 is 15.9 Å². The molecule has 1 aliphatic rings. The fraction of sp³-hybridized carbons (Fsp3) is 0.222. The summed E-state index contributed by atoms with van der Waals surface area (Å²) in [6, 6.07) is 3.60. The average molecular weight is 258 g/mol. The van der Waals surface area contributed by atoms with Gasteiger partial charge in [-0.1, -0.05) is 6.07 Å². The molecule has 0 saturated carbocycles. The molecule has 0 spiro atoms. The predicted octanol–water partition coefficient (Wildman–Crippen LogP) is 1.41. The quantitative estimate of drug-likeness (QED) is 0.828. The molecule has 0 unspecified atom stereocenters. The average Bonchev–Trinajstić information content (AvgIpc) is 2.17. The van der Waals surface area contributed by atoms with E-state index in [9.17, 15) is 4.79 Å². The first-order chi connectivity index (χ1) is 6.70. The van der Waals surface area contributed by atoms with Crippen molar-refractivity contribution in [2.75, 3.05) is 6.79 Å². The maximum absolute atomic E-state index is 11.2. The van der Waals surface area contributed by atoms with Crippen molar-refractivity contribution in [1.82, 2.24) is 0 Å². The Kier molecular flexibility index (Phi) is 2.43. The van der Waals surface area contributed by atoms with Crippen LogP contribution in [0.5, 0.6) is 5.75 Å². The second kappa shape index (κ2) is 3.59. The molecular weight excluding hydrogens is 250 g/mol. The second-order valence-corrected chi connectivity index (χ2v) is 3.74. The molecule has 0 radical (unpaired) electrons. The Hall–Kier alpha value is -1.07. The summed E-state index contributed by atoms with van der Waals surface area (Å²) in [4.78, 5) is 11.2. The number of hydrogen-bond donors (Lipinski definition) is 1. The van der Waals surface area contributed by atoms with Gasteiger partial charge in [-0.05, 0) is 22.0 Å². The number of benzene rings is 1. The second-order valence-electron chi connectivity index (χ2n) is 2.89. The van der Waals surface area contributed by atoms with Crippen LogP contribution in [0.1, 0.15) is 15.9 Å². The molecule has 4 nitrogen and oxygen atoms in total. The highest BCUT2D eigenvalue weighted by molar-refractivity contribution is 9.10. The third-order valence-electron chi connectivity index (χ3n) is 1.98. The molecule has 1 aromatic rings. The minimum Gasteiger partial charge on any atom is -0.466 e. The third kappa shape index (κ3) is 1.49. The predicted molar refractivity (Wildman–Crippen MR) is 52.9 cm³/mol. The molecule has 2 rings (SSSR count). The molecular formula is C9H8BrNO3. The lowest BCUT2D eigenvalue weighted by atomic mass is 10.1. The van der Waals surface area contributed by atoms with E-state index < -0.39 is 5.91 Å². The SMILES string of the molecule is NC(=O)c1c(Br)ccc2c1OCOC2. The van der Waals surface area contributed by atoms with Gasteiger partial charge in [0, 0.05) is 10.0 Å². The first-order valence-electron chi connectivity index (χ1n) is 4.02. The monoisotopic (exact) mass is 257 g/mol. The van der Waals surface area contributed by atoms with Gasteiger partial charge >= 0.3 is 0 Å². The van der Waals surface area contributed by atoms with Gasteiger partial charge in [-0.3, -0.25) is 4.79 Å². The zero-order valence-corrected chi connectivity index (χ0v) is 8.83. The molecule has 0 atom stereocenters. The molecule has 1 aliphatic heterocycles. The van der Waals surface area contributed by atoms with Crippen LogP contribution in [-0.2, 0) is 11.3 Å². The third-order valence-corrected chi connectivity index (χ3v) is 2.64. The smallest absolute Gasteiger partial charge is 0.253 e. The number of carbonyl (C=O) groups excluding carboxylic acids is 1. The molecule has 1 heterocycles. The summed E-state index contributed by atoms with van der Waals surface area (Å²) in [5, 5.41) is 0. The number of rotatable bonds is 1. The van der Waals surface area contributed by atoms with E-state index in [2.05, 4.69) is 15.9 Å². The van der Waals surface area contributed by atoms with Crippen molar-refractivity contribution in [3.05, 3.63) is 27.7 Å². The fourth-order valence-corrected chi connectivity index (χ4v) is 1.87. The number of ether oxygens (including phenoxy) is 2. The molecule has 1 aromatic carbocycles. The van der Waals surface area contributed by atoms with E-state index in [0.29, 0.717) is 22.4 Å². The van der Waals surface area contributed by atoms with Gasteiger partial charge in [-0.15, -0.1) is 0 Å². The maximum Gasteiger partial charge on any atom is 0.253 e. The maximum atomic E-state index is 11.2. The standard InChI is InChI=1S/C9H8BrNO3/c10-6-2-1-5-3-13-4-14-8(5)7(6)9(11)12/h1-2H,3-4H2,(H2,11,12). The fourth-order valence-electron chi connectivity index (χ4n) is 1.36. The molecule has 0 aromatic heterocycles. The van der Waals surface area contributed by atoms with Crippen molar-refractivity contribution in [3.63, 3.8) is 0 Å². The molecule has 2 N–H and O–H groups in total. The van der Waals surface area contributed by atoms with E-state index in [-0.39, 0.29) is 6.79 Å². The van der Waals surface area contributed by atoms with Crippen LogP contribution in [0.25, 0.3) is 0 Å². The van der Waals surface area contributed by atoms with Crippen LogP contribution < -0.4 is 10.5 Å². The van der Waals surface area contributed by atoms with Gasteiger partial charge in [0.05, 0.1) is 12.2 Å². The van der Waals surface area contributed by atoms with E-state index in [1.54, 1.807) is 6.07 Å². The van der Waals surface area contributed by atoms with Gasteiger partial charge in [0.2, 0.25) is 0 Å². The lowest BCUT2D eigenvalue weighted by molar-refractivity contribution is -0.0168. The number of fused-ring (bicyclic) bond motifs is 1. The lowest BCUT2D eigenvalue weighted by Crippen LogP contribution is -2.19. The van der Waals surface area contributed by atoms with Crippen LogP contribution in [0.15, 0.2) is 16.6 Å². The lowest BCUT2D eigenvalue weighted by Gasteiger charge is -2.20. The number of amides is 1. The molecule has 5 heteroatoms. The van der Waals surface area contributed by atoms with E-state index in [1.807, 2.05) is 6.07 Å². The van der Waals surface area contributed by atoms with Gasteiger partial charge in [0.1, 0.15) is 5.75 Å². The largest absolute Gasteiger partial charge is 0.466 e. The van der Waals surface area contributed by atoms with Gasteiger partial charge in [-0.2, -0.15) is 0 Å². The highest BCUT2D eigenvalue weighted by Crippen LogP contribution is 2.32. The van der Waals surface area contributed by atoms with Gasteiger partial charge in [0.25, 0.3) is 5.91 Å². The van der Waals surface area contributed by atoms with Crippen LogP contribution in [0.4, 0.5) is 0 Å². The molecule has 74 valence electrons. The first kappa shape index (κ1) is 9.48. The van der Waals surface area contributed by atoms with Crippen molar-refractivity contribution >= 4 is 21.8 Å². The normalized spacial score (nSPS) is 14.4. The van der Waals surface area contributed by atoms with E-state index >= 15 is 0 Å². The van der Waals surface area contributed by atoms with E-state index in [1.165, 1.54) is 0 Å². The van der Waals surface area contributed by atoms with Crippen molar-refractivity contribution in [1.29, 1.82) is 0 Å².